The second-order valence-electron chi connectivity index (χ2n) is 10.7. The number of para-hydroxylation sites is 2. The number of Topliss-reactive ketones (excluding diaryl/α,β-unsaturated/α-hetero) is 3. The Balaban J connectivity index is 1.58. The first-order valence-electron chi connectivity index (χ1n) is 13.7. The molecule has 0 saturated carbocycles. The van der Waals surface area contributed by atoms with Crippen LogP contribution in [0.5, 0.6) is 11.5 Å². The summed E-state index contributed by atoms with van der Waals surface area (Å²) in [5.74, 6) is -0.929. The lowest BCUT2D eigenvalue weighted by Gasteiger charge is -2.37. The van der Waals surface area contributed by atoms with Crippen LogP contribution >= 0.6 is 11.6 Å². The third-order valence-electron chi connectivity index (χ3n) is 8.88. The van der Waals surface area contributed by atoms with Crippen LogP contribution in [0.3, 0.4) is 0 Å². The largest absolute Gasteiger partial charge is 0.493 e. The predicted molar refractivity (Wildman–Crippen MR) is 161 cm³/mol. The number of ketones is 3. The summed E-state index contributed by atoms with van der Waals surface area (Å²) < 4.78 is 11.5. The molecule has 7 rings (SSSR count). The normalized spacial score (nSPS) is 21.2. The molecular weight excluding hydrogens is 550 g/mol. The van der Waals surface area contributed by atoms with Gasteiger partial charge in [0.25, 0.3) is 0 Å². The van der Waals surface area contributed by atoms with E-state index in [1.54, 1.807) is 60.7 Å². The molecule has 0 N–H and O–H groups in total. The minimum atomic E-state index is -1.64. The summed E-state index contributed by atoms with van der Waals surface area (Å²) in [6.07, 6.45) is 3.84. The molecule has 1 spiro atoms. The number of fused-ring (bicyclic) bond motifs is 5. The average Bonchev–Trinajstić information content (AvgIpc) is 3.46. The van der Waals surface area contributed by atoms with Gasteiger partial charge in [-0.1, -0.05) is 78.4 Å². The number of rotatable bonds is 5. The molecule has 2 heterocycles. The number of anilines is 1. The van der Waals surface area contributed by atoms with Crippen LogP contribution in [-0.2, 0) is 0 Å². The van der Waals surface area contributed by atoms with Gasteiger partial charge in [0.05, 0.1) is 20.3 Å². The summed E-state index contributed by atoms with van der Waals surface area (Å²) in [5, 5.41) is 0.501. The van der Waals surface area contributed by atoms with E-state index in [1.165, 1.54) is 14.2 Å². The van der Waals surface area contributed by atoms with Crippen LogP contribution in [0.2, 0.25) is 5.02 Å². The highest BCUT2D eigenvalue weighted by atomic mass is 35.5. The molecule has 0 amide bonds. The molecule has 1 saturated heterocycles. The smallest absolute Gasteiger partial charge is 0.185 e. The highest BCUT2D eigenvalue weighted by molar-refractivity contribution is 6.32. The van der Waals surface area contributed by atoms with Gasteiger partial charge in [0.15, 0.2) is 28.8 Å². The zero-order valence-corrected chi connectivity index (χ0v) is 23.7. The summed E-state index contributed by atoms with van der Waals surface area (Å²) in [7, 11) is 3.06. The number of hydrogen-bond donors (Lipinski definition) is 0. The van der Waals surface area contributed by atoms with Gasteiger partial charge >= 0.3 is 0 Å². The minimum Gasteiger partial charge on any atom is -0.493 e. The van der Waals surface area contributed by atoms with Crippen molar-refractivity contribution < 1.29 is 23.9 Å². The van der Waals surface area contributed by atoms with Crippen LogP contribution in [0, 0.1) is 5.41 Å². The molecule has 4 aromatic carbocycles. The number of ether oxygens (including phenoxy) is 2. The van der Waals surface area contributed by atoms with Crippen LogP contribution in [-0.4, -0.2) is 43.7 Å². The monoisotopic (exact) mass is 575 g/mol. The third kappa shape index (κ3) is 3.42. The summed E-state index contributed by atoms with van der Waals surface area (Å²) in [6, 6.07) is 25.1. The van der Waals surface area contributed by atoms with Crippen molar-refractivity contribution in [3.05, 3.63) is 130 Å². The van der Waals surface area contributed by atoms with E-state index in [0.717, 1.165) is 11.3 Å². The Kier molecular flexibility index (Phi) is 6.06. The van der Waals surface area contributed by atoms with Gasteiger partial charge in [-0.3, -0.25) is 14.4 Å². The van der Waals surface area contributed by atoms with Crippen LogP contribution < -0.4 is 14.4 Å². The predicted octanol–water partition coefficient (Wildman–Crippen LogP) is 6.67. The van der Waals surface area contributed by atoms with Crippen molar-refractivity contribution >= 4 is 40.7 Å². The topological polar surface area (TPSA) is 72.9 Å². The molecule has 0 aromatic heterocycles. The Hall–Kier alpha value is -4.68. The van der Waals surface area contributed by atoms with Gasteiger partial charge < -0.3 is 14.4 Å². The maximum absolute atomic E-state index is 14.8. The van der Waals surface area contributed by atoms with Gasteiger partial charge in [-0.25, -0.2) is 0 Å². The highest BCUT2D eigenvalue weighted by Gasteiger charge is 2.72. The Bertz CT molecular complexity index is 1780. The van der Waals surface area contributed by atoms with Crippen LogP contribution in [0.1, 0.15) is 48.1 Å². The second-order valence-corrected chi connectivity index (χ2v) is 11.2. The lowest BCUT2D eigenvalue weighted by Crippen LogP contribution is -2.48. The van der Waals surface area contributed by atoms with Crippen molar-refractivity contribution in [2.75, 3.05) is 19.1 Å². The first kappa shape index (κ1) is 26.2. The Morgan fingerprint density at radius 2 is 1.48 bits per heavy atom. The highest BCUT2D eigenvalue weighted by Crippen LogP contribution is 2.62. The van der Waals surface area contributed by atoms with E-state index in [-0.39, 0.29) is 17.3 Å². The first-order chi connectivity index (χ1) is 20.4. The van der Waals surface area contributed by atoms with E-state index in [0.29, 0.717) is 38.8 Å². The maximum Gasteiger partial charge on any atom is 0.185 e. The van der Waals surface area contributed by atoms with Crippen LogP contribution in [0.25, 0.3) is 6.08 Å². The summed E-state index contributed by atoms with van der Waals surface area (Å²) in [5.41, 5.74) is 1.74. The molecule has 208 valence electrons. The molecule has 0 unspecified atom stereocenters. The quantitative estimate of drug-likeness (QED) is 0.195. The standard InChI is InChI=1S/C35H26ClNO5/c1-41-27-13-7-11-25(32(27)42-2)29-30(31(38)21-14-17-22(36)18-15-21)37-26-12-6-3-8-20(26)16-19-28(37)35(29)33(39)23-9-4-5-10-24(23)34(35)40/h3-19,28-30H,1-2H3/t28-,29-,30+/m1/s1. The zero-order chi connectivity index (χ0) is 29.2. The number of methoxy groups -OCH3 is 2. The van der Waals surface area contributed by atoms with E-state index in [4.69, 9.17) is 21.1 Å². The summed E-state index contributed by atoms with van der Waals surface area (Å²) in [6.45, 7) is 0. The molecule has 1 fully saturated rings. The molecule has 7 heteroatoms. The number of hydrogen-bond acceptors (Lipinski definition) is 6. The molecule has 0 radical (unpaired) electrons. The van der Waals surface area contributed by atoms with E-state index in [1.807, 2.05) is 47.4 Å². The molecule has 0 bridgehead atoms. The van der Waals surface area contributed by atoms with Crippen molar-refractivity contribution in [2.24, 2.45) is 5.41 Å². The number of carbonyl (C=O) groups excluding carboxylic acids is 3. The maximum atomic E-state index is 14.8. The fourth-order valence-electron chi connectivity index (χ4n) is 7.20. The van der Waals surface area contributed by atoms with E-state index in [2.05, 4.69) is 0 Å². The molecule has 3 aliphatic rings. The van der Waals surface area contributed by atoms with Crippen molar-refractivity contribution in [1.29, 1.82) is 0 Å². The van der Waals surface area contributed by atoms with Gasteiger partial charge in [0.1, 0.15) is 11.5 Å². The second kappa shape index (κ2) is 9.71. The first-order valence-corrected chi connectivity index (χ1v) is 14.1. The Morgan fingerprint density at radius 3 is 2.14 bits per heavy atom. The molecule has 3 atom stereocenters. The van der Waals surface area contributed by atoms with Gasteiger partial charge in [0, 0.05) is 38.9 Å². The molecule has 42 heavy (non-hydrogen) atoms. The number of carbonyl (C=O) groups is 3. The van der Waals surface area contributed by atoms with Crippen molar-refractivity contribution in [1.82, 2.24) is 0 Å². The van der Waals surface area contributed by atoms with Crippen molar-refractivity contribution in [2.45, 2.75) is 18.0 Å². The molecule has 2 aliphatic heterocycles. The Morgan fingerprint density at radius 1 is 0.810 bits per heavy atom. The number of benzene rings is 4. The van der Waals surface area contributed by atoms with Gasteiger partial charge in [-0.15, -0.1) is 0 Å². The van der Waals surface area contributed by atoms with Gasteiger partial charge in [-0.2, -0.15) is 0 Å². The van der Waals surface area contributed by atoms with Gasteiger partial charge in [0.2, 0.25) is 0 Å². The van der Waals surface area contributed by atoms with E-state index < -0.39 is 23.4 Å². The molecule has 4 aromatic rings. The molecule has 6 nitrogen and oxygen atoms in total. The van der Waals surface area contributed by atoms with Crippen LogP contribution in [0.4, 0.5) is 5.69 Å². The fraction of sp³-hybridized carbons (Fsp3) is 0.171. The zero-order valence-electron chi connectivity index (χ0n) is 22.9. The van der Waals surface area contributed by atoms with Crippen molar-refractivity contribution in [3.8, 4) is 11.5 Å². The summed E-state index contributed by atoms with van der Waals surface area (Å²) in [4.78, 5) is 46.4. The van der Waals surface area contributed by atoms with Crippen molar-refractivity contribution in [3.63, 3.8) is 0 Å². The van der Waals surface area contributed by atoms with Crippen LogP contribution in [0.15, 0.2) is 97.1 Å². The summed E-state index contributed by atoms with van der Waals surface area (Å²) >= 11 is 6.19. The number of halogens is 1. The SMILES string of the molecule is COc1cccc([C@@H]2[C@@H](C(=O)c3ccc(Cl)cc3)N3c4ccccc4C=C[C@@H]3C23C(=O)c2ccccc2C3=O)c1OC. The minimum absolute atomic E-state index is 0.231. The molecule has 1 aliphatic carbocycles. The number of nitrogens with zero attached hydrogens (tertiary/aromatic N) is 1. The lowest BCUT2D eigenvalue weighted by atomic mass is 9.64. The average molecular weight is 576 g/mol. The Labute approximate surface area is 248 Å². The van der Waals surface area contributed by atoms with Gasteiger partial charge in [-0.05, 0) is 42.0 Å². The lowest BCUT2D eigenvalue weighted by molar-refractivity contribution is 0.0664. The third-order valence-corrected chi connectivity index (χ3v) is 9.13. The fourth-order valence-corrected chi connectivity index (χ4v) is 7.33. The van der Waals surface area contributed by atoms with E-state index >= 15 is 0 Å². The van der Waals surface area contributed by atoms with E-state index in [9.17, 15) is 14.4 Å². The molecular formula is C35H26ClNO5.